The monoisotopic (exact) mass is 359 g/mol. The molecule has 0 unspecified atom stereocenters. The Hall–Kier alpha value is -2.30. The molecule has 0 radical (unpaired) electrons. The maximum atomic E-state index is 11.6. The number of ketones is 1. The van der Waals surface area contributed by atoms with Crippen molar-refractivity contribution in [2.24, 2.45) is 10.7 Å². The lowest BCUT2D eigenvalue weighted by Gasteiger charge is -2.13. The van der Waals surface area contributed by atoms with E-state index in [9.17, 15) is 4.79 Å². The van der Waals surface area contributed by atoms with Crippen LogP contribution in [0.1, 0.15) is 18.1 Å². The zero-order chi connectivity index (χ0) is 17.3. The van der Waals surface area contributed by atoms with Crippen LogP contribution < -0.4 is 11.1 Å². The van der Waals surface area contributed by atoms with E-state index in [0.29, 0.717) is 21.5 Å². The molecule has 0 saturated carbocycles. The largest absolute Gasteiger partial charge is 0.394 e. The van der Waals surface area contributed by atoms with Crippen LogP contribution in [0, 0.1) is 0 Å². The molecule has 3 N–H and O–H groups in total. The molecule has 4 nitrogen and oxygen atoms in total. The molecule has 0 amide bonds. The van der Waals surface area contributed by atoms with Crippen LogP contribution in [0.2, 0.25) is 10.0 Å². The lowest BCUT2D eigenvalue weighted by molar-refractivity contribution is -0.113. The molecule has 0 atom stereocenters. The number of nitrogens with one attached hydrogen (secondary N) is 1. The number of halogens is 2. The predicted octanol–water partition coefficient (Wildman–Crippen LogP) is 4.02. The number of benzene rings is 2. The van der Waals surface area contributed by atoms with Crippen molar-refractivity contribution < 1.29 is 4.79 Å². The third-order valence-corrected chi connectivity index (χ3v) is 4.32. The number of aliphatic imine (C=N–C) groups is 1. The van der Waals surface area contributed by atoms with E-state index in [-0.39, 0.29) is 18.0 Å². The highest BCUT2D eigenvalue weighted by Gasteiger charge is 2.20. The molecule has 0 spiro atoms. The van der Waals surface area contributed by atoms with E-state index in [2.05, 4.69) is 10.3 Å². The fourth-order valence-corrected chi connectivity index (χ4v) is 2.91. The topological polar surface area (TPSA) is 67.5 Å². The maximum Gasteiger partial charge on any atom is 0.177 e. The van der Waals surface area contributed by atoms with E-state index < -0.39 is 0 Å². The van der Waals surface area contributed by atoms with Crippen LogP contribution in [0.25, 0.3) is 0 Å². The second-order valence-corrected chi connectivity index (χ2v) is 6.25. The lowest BCUT2D eigenvalue weighted by Crippen LogP contribution is -2.17. The van der Waals surface area contributed by atoms with Gasteiger partial charge in [0, 0.05) is 33.8 Å². The average Bonchev–Trinajstić information content (AvgIpc) is 2.74. The summed E-state index contributed by atoms with van der Waals surface area (Å²) in [5.74, 6) is -0.204. The van der Waals surface area contributed by atoms with Gasteiger partial charge < -0.3 is 11.1 Å². The molecule has 1 heterocycles. The molecule has 1 aliphatic rings. The van der Waals surface area contributed by atoms with Crippen LogP contribution >= 0.6 is 23.2 Å². The number of benzodiazepines with no additional fused rings is 1. The number of allylic oxidation sites excluding steroid dienone is 1. The van der Waals surface area contributed by atoms with Gasteiger partial charge >= 0.3 is 0 Å². The van der Waals surface area contributed by atoms with E-state index in [1.54, 1.807) is 6.07 Å². The Morgan fingerprint density at radius 1 is 1.17 bits per heavy atom. The van der Waals surface area contributed by atoms with Crippen molar-refractivity contribution in [3.63, 3.8) is 0 Å². The van der Waals surface area contributed by atoms with Gasteiger partial charge in [-0.1, -0.05) is 41.4 Å². The number of Topliss-reactive ketones (excluding diaryl/α,β-unsaturated/α-hetero) is 1. The van der Waals surface area contributed by atoms with Crippen LogP contribution in [0.3, 0.4) is 0 Å². The number of nitrogens with zero attached hydrogens (tertiary/aromatic N) is 1. The first-order valence-corrected chi connectivity index (χ1v) is 8.09. The van der Waals surface area contributed by atoms with Crippen LogP contribution in [0.15, 0.2) is 58.9 Å². The molecule has 122 valence electrons. The minimum Gasteiger partial charge on any atom is -0.394 e. The quantitative estimate of drug-likeness (QED) is 0.795. The molecule has 24 heavy (non-hydrogen) atoms. The molecule has 0 bridgehead atoms. The standard InChI is InChI=1S/C18H15Cl2N3O/c1-10(24)17(21)16-9-22-18(12-4-2-3-5-14(12)20)13-8-11(19)6-7-15(13)23-16/h2-8,23H,9,21H2,1H3/b17-16-. The molecule has 1 aliphatic heterocycles. The van der Waals surface area contributed by atoms with Gasteiger partial charge in [-0.25, -0.2) is 0 Å². The van der Waals surface area contributed by atoms with Crippen molar-refractivity contribution in [3.05, 3.63) is 75.0 Å². The van der Waals surface area contributed by atoms with Gasteiger partial charge in [0.15, 0.2) is 5.78 Å². The number of carbonyl (C=O) groups is 1. The summed E-state index contributed by atoms with van der Waals surface area (Å²) in [4.78, 5) is 16.3. The Balaban J connectivity index is 2.23. The summed E-state index contributed by atoms with van der Waals surface area (Å²) in [6.45, 7) is 1.68. The number of hydrogen-bond donors (Lipinski definition) is 2. The van der Waals surface area contributed by atoms with Crippen molar-refractivity contribution in [3.8, 4) is 0 Å². The number of rotatable bonds is 2. The zero-order valence-corrected chi connectivity index (χ0v) is 14.4. The number of nitrogens with two attached hydrogens (primary N) is 1. The Morgan fingerprint density at radius 2 is 1.92 bits per heavy atom. The van der Waals surface area contributed by atoms with Gasteiger partial charge in [0.25, 0.3) is 0 Å². The van der Waals surface area contributed by atoms with Crippen molar-refractivity contribution in [1.29, 1.82) is 0 Å². The summed E-state index contributed by atoms with van der Waals surface area (Å²) >= 11 is 12.5. The van der Waals surface area contributed by atoms with E-state index in [1.807, 2.05) is 36.4 Å². The molecule has 2 aromatic carbocycles. The van der Waals surface area contributed by atoms with Gasteiger partial charge in [-0.3, -0.25) is 9.79 Å². The number of anilines is 1. The Kier molecular flexibility index (Phi) is 4.60. The van der Waals surface area contributed by atoms with E-state index in [0.717, 1.165) is 16.8 Å². The van der Waals surface area contributed by atoms with Crippen LogP contribution in [0.4, 0.5) is 5.69 Å². The maximum absolute atomic E-state index is 11.6. The van der Waals surface area contributed by atoms with Gasteiger partial charge in [-0.15, -0.1) is 0 Å². The van der Waals surface area contributed by atoms with Gasteiger partial charge in [-0.2, -0.15) is 0 Å². The van der Waals surface area contributed by atoms with Gasteiger partial charge in [0.2, 0.25) is 0 Å². The van der Waals surface area contributed by atoms with E-state index in [1.165, 1.54) is 6.92 Å². The third kappa shape index (κ3) is 3.16. The number of carbonyl (C=O) groups excluding carboxylic acids is 1. The van der Waals surface area contributed by atoms with Crippen molar-refractivity contribution in [1.82, 2.24) is 0 Å². The highest BCUT2D eigenvalue weighted by atomic mass is 35.5. The summed E-state index contributed by atoms with van der Waals surface area (Å²) in [6.07, 6.45) is 0. The summed E-state index contributed by atoms with van der Waals surface area (Å²) in [7, 11) is 0. The molecular formula is C18H15Cl2N3O. The smallest absolute Gasteiger partial charge is 0.177 e. The molecular weight excluding hydrogens is 345 g/mol. The molecule has 2 aromatic rings. The molecule has 3 rings (SSSR count). The Bertz CT molecular complexity index is 888. The zero-order valence-electron chi connectivity index (χ0n) is 12.9. The van der Waals surface area contributed by atoms with Crippen LogP contribution in [-0.2, 0) is 4.79 Å². The summed E-state index contributed by atoms with van der Waals surface area (Å²) in [5, 5.41) is 4.38. The summed E-state index contributed by atoms with van der Waals surface area (Å²) in [5.41, 5.74) is 9.72. The van der Waals surface area contributed by atoms with Gasteiger partial charge in [0.05, 0.1) is 23.7 Å². The molecule has 0 saturated heterocycles. The fraction of sp³-hybridized carbons (Fsp3) is 0.111. The van der Waals surface area contributed by atoms with Crippen LogP contribution in [0.5, 0.6) is 0 Å². The third-order valence-electron chi connectivity index (χ3n) is 3.75. The second kappa shape index (κ2) is 6.67. The van der Waals surface area contributed by atoms with Gasteiger partial charge in [-0.05, 0) is 24.3 Å². The average molecular weight is 360 g/mol. The first kappa shape index (κ1) is 16.6. The molecule has 6 heteroatoms. The fourth-order valence-electron chi connectivity index (χ4n) is 2.52. The highest BCUT2D eigenvalue weighted by molar-refractivity contribution is 6.36. The van der Waals surface area contributed by atoms with Crippen molar-refractivity contribution >= 4 is 40.4 Å². The molecule has 0 aliphatic carbocycles. The normalized spacial score (nSPS) is 15.7. The lowest BCUT2D eigenvalue weighted by atomic mass is 10.0. The minimum absolute atomic E-state index is 0.167. The first-order chi connectivity index (χ1) is 11.5. The summed E-state index contributed by atoms with van der Waals surface area (Å²) in [6, 6.07) is 12.9. The van der Waals surface area contributed by atoms with E-state index >= 15 is 0 Å². The minimum atomic E-state index is -0.204. The molecule has 0 fully saturated rings. The van der Waals surface area contributed by atoms with E-state index in [4.69, 9.17) is 28.9 Å². The summed E-state index contributed by atoms with van der Waals surface area (Å²) < 4.78 is 0. The first-order valence-electron chi connectivity index (χ1n) is 7.33. The predicted molar refractivity (Wildman–Crippen MR) is 98.9 cm³/mol. The number of hydrogen-bond acceptors (Lipinski definition) is 4. The SMILES string of the molecule is CC(=O)/C(N)=C1\CN=C(c2ccccc2Cl)c2cc(Cl)ccc2N1. The van der Waals surface area contributed by atoms with Gasteiger partial charge in [0.1, 0.15) is 0 Å². The second-order valence-electron chi connectivity index (χ2n) is 5.41. The van der Waals surface area contributed by atoms with Crippen molar-refractivity contribution in [2.45, 2.75) is 6.92 Å². The Labute approximate surface area is 150 Å². The van der Waals surface area contributed by atoms with Crippen molar-refractivity contribution in [2.75, 3.05) is 11.9 Å². The Morgan fingerprint density at radius 3 is 2.62 bits per heavy atom. The molecule has 0 aromatic heterocycles. The van der Waals surface area contributed by atoms with Crippen LogP contribution in [-0.4, -0.2) is 18.0 Å². The number of fused-ring (bicyclic) bond motifs is 1. The highest BCUT2D eigenvalue weighted by Crippen LogP contribution is 2.30.